The van der Waals surface area contributed by atoms with Crippen LogP contribution in [0.5, 0.6) is 0 Å². The van der Waals surface area contributed by atoms with E-state index in [2.05, 4.69) is 26.2 Å². The average Bonchev–Trinajstić information content (AvgIpc) is 3.17. The topological polar surface area (TPSA) is 86.9 Å². The Bertz CT molecular complexity index is 911. The van der Waals surface area contributed by atoms with E-state index in [4.69, 9.17) is 4.74 Å². The van der Waals surface area contributed by atoms with E-state index in [-0.39, 0.29) is 5.91 Å². The van der Waals surface area contributed by atoms with Crippen LogP contribution < -0.4 is 0 Å². The second-order valence-corrected chi connectivity index (χ2v) is 6.20. The second-order valence-electron chi connectivity index (χ2n) is 6.20. The lowest BCUT2D eigenvalue weighted by atomic mass is 10.1. The molecular weight excluding hydrogens is 306 g/mol. The molecule has 1 aromatic carbocycles. The minimum atomic E-state index is -0.130. The van der Waals surface area contributed by atoms with Gasteiger partial charge in [-0.15, -0.1) is 0 Å². The van der Waals surface area contributed by atoms with Gasteiger partial charge in [0.25, 0.3) is 5.91 Å². The highest BCUT2D eigenvalue weighted by molar-refractivity contribution is 5.93. The average molecular weight is 325 g/mol. The van der Waals surface area contributed by atoms with Crippen LogP contribution in [-0.4, -0.2) is 44.6 Å². The molecule has 2 N–H and O–H groups in total. The van der Waals surface area contributed by atoms with E-state index in [1.807, 2.05) is 19.1 Å². The number of hydrogen-bond donors (Lipinski definition) is 2. The number of aromatic amines is 2. The summed E-state index contributed by atoms with van der Waals surface area (Å²) in [7, 11) is 1.76. The van der Waals surface area contributed by atoms with Crippen molar-refractivity contribution in [2.24, 2.45) is 0 Å². The number of nitrogens with zero attached hydrogens (tertiary/aromatic N) is 3. The number of ether oxygens (including phenoxy) is 1. The maximum atomic E-state index is 12.7. The Morgan fingerprint density at radius 1 is 1.42 bits per heavy atom. The molecule has 0 spiro atoms. The molecule has 0 bridgehead atoms. The Kier molecular flexibility index (Phi) is 3.57. The van der Waals surface area contributed by atoms with Crippen molar-refractivity contribution in [1.29, 1.82) is 0 Å². The van der Waals surface area contributed by atoms with Crippen LogP contribution in [0.4, 0.5) is 0 Å². The lowest BCUT2D eigenvalue weighted by Crippen LogP contribution is -2.28. The number of hydrogen-bond acceptors (Lipinski definition) is 4. The largest absolute Gasteiger partial charge is 0.376 e. The number of aromatic nitrogens is 4. The first kappa shape index (κ1) is 14.9. The zero-order chi connectivity index (χ0) is 16.7. The molecule has 7 heteroatoms. The van der Waals surface area contributed by atoms with E-state index in [0.29, 0.717) is 25.5 Å². The van der Waals surface area contributed by atoms with Crippen molar-refractivity contribution in [2.75, 3.05) is 13.7 Å². The van der Waals surface area contributed by atoms with Gasteiger partial charge in [-0.25, -0.2) is 4.98 Å². The monoisotopic (exact) mass is 325 g/mol. The summed E-state index contributed by atoms with van der Waals surface area (Å²) in [4.78, 5) is 22.1. The number of H-pyrrole nitrogens is 2. The number of benzene rings is 1. The number of fused-ring (bicyclic) bond motifs is 2. The lowest BCUT2D eigenvalue weighted by molar-refractivity contribution is 0.0762. The molecule has 3 aromatic rings. The highest BCUT2D eigenvalue weighted by Gasteiger charge is 2.24. The highest BCUT2D eigenvalue weighted by atomic mass is 16.5. The Labute approximate surface area is 139 Å². The molecule has 0 radical (unpaired) electrons. The molecule has 1 aliphatic heterocycles. The fraction of sp³-hybridized carbons (Fsp3) is 0.353. The molecule has 0 unspecified atom stereocenters. The predicted octanol–water partition coefficient (Wildman–Crippen LogP) is 1.94. The molecule has 2 aromatic heterocycles. The summed E-state index contributed by atoms with van der Waals surface area (Å²) in [6.07, 6.45) is 0.766. The minimum absolute atomic E-state index is 0.130. The quantitative estimate of drug-likeness (QED) is 0.770. The van der Waals surface area contributed by atoms with E-state index in [1.54, 1.807) is 11.9 Å². The number of nitrogens with one attached hydrogen (secondary N) is 2. The molecule has 3 heterocycles. The fourth-order valence-electron chi connectivity index (χ4n) is 3.02. The van der Waals surface area contributed by atoms with Crippen molar-refractivity contribution in [2.45, 2.75) is 26.5 Å². The standard InChI is InChI=1S/C17H19N5O2/c1-10-3-4-13-14(7-10)19-15(18-13)8-22(2)17(23)16-11-9-24-6-5-12(11)20-21-16/h3-4,7H,5-6,8-9H2,1-2H3,(H,18,19)(H,20,21). The Hall–Kier alpha value is -2.67. The molecule has 0 aliphatic carbocycles. The van der Waals surface area contributed by atoms with Gasteiger partial charge in [-0.2, -0.15) is 5.10 Å². The van der Waals surface area contributed by atoms with E-state index >= 15 is 0 Å². The molecule has 1 aliphatic rings. The Balaban J connectivity index is 1.55. The molecule has 0 saturated heterocycles. The summed E-state index contributed by atoms with van der Waals surface area (Å²) in [5.74, 6) is 0.627. The normalized spacial score (nSPS) is 13.9. The molecule has 124 valence electrons. The summed E-state index contributed by atoms with van der Waals surface area (Å²) in [6.45, 7) is 3.54. The smallest absolute Gasteiger partial charge is 0.274 e. The van der Waals surface area contributed by atoms with E-state index in [9.17, 15) is 4.79 Å². The molecule has 0 fully saturated rings. The van der Waals surface area contributed by atoms with E-state index in [1.165, 1.54) is 5.56 Å². The highest BCUT2D eigenvalue weighted by Crippen LogP contribution is 2.20. The lowest BCUT2D eigenvalue weighted by Gasteiger charge is -2.17. The van der Waals surface area contributed by atoms with Crippen molar-refractivity contribution in [3.8, 4) is 0 Å². The molecular formula is C17H19N5O2. The van der Waals surface area contributed by atoms with Gasteiger partial charge < -0.3 is 14.6 Å². The third-order valence-corrected chi connectivity index (χ3v) is 4.32. The first-order valence-corrected chi connectivity index (χ1v) is 7.96. The summed E-state index contributed by atoms with van der Waals surface area (Å²) in [5.41, 5.74) is 5.37. The summed E-state index contributed by atoms with van der Waals surface area (Å²) in [5, 5.41) is 7.14. The molecule has 7 nitrogen and oxygen atoms in total. The first-order chi connectivity index (χ1) is 11.6. The van der Waals surface area contributed by atoms with E-state index < -0.39 is 0 Å². The van der Waals surface area contributed by atoms with Gasteiger partial charge in [-0.05, 0) is 24.6 Å². The number of carbonyl (C=O) groups excluding carboxylic acids is 1. The van der Waals surface area contributed by atoms with Crippen LogP contribution >= 0.6 is 0 Å². The van der Waals surface area contributed by atoms with Crippen molar-refractivity contribution < 1.29 is 9.53 Å². The maximum Gasteiger partial charge on any atom is 0.274 e. The summed E-state index contributed by atoms with van der Waals surface area (Å²) >= 11 is 0. The molecule has 1 amide bonds. The van der Waals surface area contributed by atoms with Gasteiger partial charge in [-0.3, -0.25) is 9.89 Å². The molecule has 24 heavy (non-hydrogen) atoms. The van der Waals surface area contributed by atoms with Gasteiger partial charge in [0.05, 0.1) is 30.8 Å². The maximum absolute atomic E-state index is 12.7. The minimum Gasteiger partial charge on any atom is -0.376 e. The molecule has 0 saturated carbocycles. The van der Waals surface area contributed by atoms with E-state index in [0.717, 1.165) is 34.5 Å². The fourth-order valence-corrected chi connectivity index (χ4v) is 3.02. The van der Waals surface area contributed by atoms with Gasteiger partial charge in [0.15, 0.2) is 5.69 Å². The van der Waals surface area contributed by atoms with Gasteiger partial charge in [-0.1, -0.05) is 6.07 Å². The SMILES string of the molecule is Cc1ccc2nc(CN(C)C(=O)c3n[nH]c4c3COCC4)[nH]c2c1. The third-order valence-electron chi connectivity index (χ3n) is 4.32. The van der Waals surface area contributed by atoms with Crippen LogP contribution in [-0.2, 0) is 24.3 Å². The number of imidazole rings is 1. The van der Waals surface area contributed by atoms with Gasteiger partial charge in [0, 0.05) is 24.7 Å². The zero-order valence-electron chi connectivity index (χ0n) is 13.7. The van der Waals surface area contributed by atoms with Crippen LogP contribution in [0.3, 0.4) is 0 Å². The number of aryl methyl sites for hydroxylation is 1. The summed E-state index contributed by atoms with van der Waals surface area (Å²) < 4.78 is 5.44. The van der Waals surface area contributed by atoms with Crippen molar-refractivity contribution in [1.82, 2.24) is 25.1 Å². The van der Waals surface area contributed by atoms with Crippen LogP contribution in [0.15, 0.2) is 18.2 Å². The van der Waals surface area contributed by atoms with Gasteiger partial charge in [0.2, 0.25) is 0 Å². The van der Waals surface area contributed by atoms with Crippen molar-refractivity contribution in [3.63, 3.8) is 0 Å². The second kappa shape index (κ2) is 5.76. The van der Waals surface area contributed by atoms with Crippen molar-refractivity contribution >= 4 is 16.9 Å². The van der Waals surface area contributed by atoms with Crippen LogP contribution in [0.1, 0.15) is 33.1 Å². The molecule has 0 atom stereocenters. The number of carbonyl (C=O) groups is 1. The molecule has 4 rings (SSSR count). The predicted molar refractivity (Wildman–Crippen MR) is 88.6 cm³/mol. The first-order valence-electron chi connectivity index (χ1n) is 7.96. The van der Waals surface area contributed by atoms with Gasteiger partial charge in [0.1, 0.15) is 5.82 Å². The van der Waals surface area contributed by atoms with Crippen molar-refractivity contribution in [3.05, 3.63) is 46.5 Å². The zero-order valence-corrected chi connectivity index (χ0v) is 13.7. The van der Waals surface area contributed by atoms with Crippen LogP contribution in [0.25, 0.3) is 11.0 Å². The summed E-state index contributed by atoms with van der Waals surface area (Å²) in [6, 6.07) is 6.06. The van der Waals surface area contributed by atoms with Crippen LogP contribution in [0, 0.1) is 6.92 Å². The van der Waals surface area contributed by atoms with Gasteiger partial charge >= 0.3 is 0 Å². The Morgan fingerprint density at radius 3 is 3.17 bits per heavy atom. The third kappa shape index (κ3) is 2.56. The number of rotatable bonds is 3. The Morgan fingerprint density at radius 2 is 2.29 bits per heavy atom. The van der Waals surface area contributed by atoms with Crippen LogP contribution in [0.2, 0.25) is 0 Å². The number of amides is 1.